The van der Waals surface area contributed by atoms with Gasteiger partial charge < -0.3 is 10.8 Å². The lowest BCUT2D eigenvalue weighted by Crippen LogP contribution is -2.06. The summed E-state index contributed by atoms with van der Waals surface area (Å²) in [7, 11) is 0. The molecule has 3 nitrogen and oxygen atoms in total. The summed E-state index contributed by atoms with van der Waals surface area (Å²) in [5.74, 6) is 0.582. The minimum atomic E-state index is 0.284. The Bertz CT molecular complexity index is 347. The smallest absolute Gasteiger partial charge is 0.116 e. The van der Waals surface area contributed by atoms with Crippen molar-refractivity contribution >= 4 is 11.9 Å². The molecule has 0 amide bonds. The number of aliphatic imine (C=N–C) groups is 1. The quantitative estimate of drug-likeness (QED) is 0.718. The fourth-order valence-electron chi connectivity index (χ4n) is 1.62. The number of nitrogens with zero attached hydrogens (tertiary/aromatic N) is 1. The van der Waals surface area contributed by atoms with Gasteiger partial charge in [-0.3, -0.25) is 4.99 Å². The number of aromatic hydroxyl groups is 1. The second-order valence-corrected chi connectivity index (χ2v) is 3.21. The number of fused-ring (bicyclic) bond motifs is 1. The molecule has 0 aromatic heterocycles. The van der Waals surface area contributed by atoms with Gasteiger partial charge in [0, 0.05) is 12.1 Å². The Morgan fingerprint density at radius 1 is 1.46 bits per heavy atom. The predicted molar refractivity (Wildman–Crippen MR) is 52.7 cm³/mol. The Morgan fingerprint density at radius 2 is 2.31 bits per heavy atom. The molecule has 0 fully saturated rings. The molecule has 0 unspecified atom stereocenters. The van der Waals surface area contributed by atoms with E-state index in [0.29, 0.717) is 12.3 Å². The van der Waals surface area contributed by atoms with E-state index in [9.17, 15) is 5.11 Å². The van der Waals surface area contributed by atoms with Gasteiger partial charge in [0.1, 0.15) is 5.75 Å². The van der Waals surface area contributed by atoms with Crippen LogP contribution < -0.4 is 5.73 Å². The molecular formula is C10H12N2O. The van der Waals surface area contributed by atoms with E-state index in [2.05, 4.69) is 4.99 Å². The van der Waals surface area contributed by atoms with Crippen LogP contribution in [-0.2, 0) is 0 Å². The average Bonchev–Trinajstić information content (AvgIpc) is 2.49. The first-order valence-corrected chi connectivity index (χ1v) is 4.38. The summed E-state index contributed by atoms with van der Waals surface area (Å²) < 4.78 is 0. The van der Waals surface area contributed by atoms with Crippen LogP contribution in [0.4, 0.5) is 5.69 Å². The van der Waals surface area contributed by atoms with Crippen molar-refractivity contribution in [1.29, 1.82) is 0 Å². The van der Waals surface area contributed by atoms with Gasteiger partial charge in [-0.1, -0.05) is 0 Å². The molecule has 1 aliphatic heterocycles. The number of nitrogens with two attached hydrogens (primary N) is 1. The highest BCUT2D eigenvalue weighted by Crippen LogP contribution is 2.35. The van der Waals surface area contributed by atoms with Crippen LogP contribution in [0.15, 0.2) is 23.2 Å². The average molecular weight is 176 g/mol. The van der Waals surface area contributed by atoms with Gasteiger partial charge >= 0.3 is 0 Å². The van der Waals surface area contributed by atoms with Crippen molar-refractivity contribution < 1.29 is 5.11 Å². The molecule has 1 atom stereocenters. The van der Waals surface area contributed by atoms with E-state index in [0.717, 1.165) is 17.7 Å². The molecule has 0 radical (unpaired) electrons. The number of hydrogen-bond acceptors (Lipinski definition) is 3. The summed E-state index contributed by atoms with van der Waals surface area (Å²) in [5, 5.41) is 9.30. The van der Waals surface area contributed by atoms with Gasteiger partial charge in [0.15, 0.2) is 0 Å². The highest BCUT2D eigenvalue weighted by Gasteiger charge is 2.17. The number of phenols is 1. The van der Waals surface area contributed by atoms with Crippen LogP contribution in [0, 0.1) is 0 Å². The van der Waals surface area contributed by atoms with Gasteiger partial charge in [-0.15, -0.1) is 0 Å². The molecule has 3 heteroatoms. The molecule has 0 bridgehead atoms. The van der Waals surface area contributed by atoms with Gasteiger partial charge in [-0.2, -0.15) is 0 Å². The van der Waals surface area contributed by atoms with Crippen molar-refractivity contribution in [3.8, 4) is 5.75 Å². The monoisotopic (exact) mass is 176 g/mol. The molecule has 1 aromatic carbocycles. The molecule has 0 aliphatic carbocycles. The minimum Gasteiger partial charge on any atom is -0.508 e. The first-order valence-electron chi connectivity index (χ1n) is 4.38. The largest absolute Gasteiger partial charge is 0.508 e. The Hall–Kier alpha value is -1.35. The lowest BCUT2D eigenvalue weighted by Gasteiger charge is -2.07. The van der Waals surface area contributed by atoms with Crippen molar-refractivity contribution in [2.45, 2.75) is 12.3 Å². The lowest BCUT2D eigenvalue weighted by molar-refractivity contribution is 0.474. The molecule has 1 aromatic rings. The zero-order valence-electron chi connectivity index (χ0n) is 7.27. The van der Waals surface area contributed by atoms with Crippen LogP contribution in [0.1, 0.15) is 17.9 Å². The van der Waals surface area contributed by atoms with Crippen LogP contribution in [-0.4, -0.2) is 17.9 Å². The Labute approximate surface area is 76.9 Å². The third kappa shape index (κ3) is 1.42. The van der Waals surface area contributed by atoms with E-state index in [4.69, 9.17) is 5.73 Å². The van der Waals surface area contributed by atoms with E-state index < -0.39 is 0 Å². The number of benzene rings is 1. The maximum absolute atomic E-state index is 9.30. The Morgan fingerprint density at radius 3 is 3.08 bits per heavy atom. The van der Waals surface area contributed by atoms with Crippen molar-refractivity contribution in [1.82, 2.24) is 0 Å². The van der Waals surface area contributed by atoms with Gasteiger partial charge in [-0.05, 0) is 36.7 Å². The zero-order valence-corrected chi connectivity index (χ0v) is 7.27. The normalized spacial score (nSPS) is 19.0. The van der Waals surface area contributed by atoms with Crippen LogP contribution in [0.2, 0.25) is 0 Å². The first-order chi connectivity index (χ1) is 6.31. The fourth-order valence-corrected chi connectivity index (χ4v) is 1.62. The summed E-state index contributed by atoms with van der Waals surface area (Å²) in [6.07, 6.45) is 2.79. The highest BCUT2D eigenvalue weighted by atomic mass is 16.3. The van der Waals surface area contributed by atoms with E-state index in [1.165, 1.54) is 0 Å². The molecule has 1 heterocycles. The maximum atomic E-state index is 9.30. The molecule has 0 saturated carbocycles. The van der Waals surface area contributed by atoms with Gasteiger partial charge in [0.05, 0.1) is 5.69 Å². The molecule has 13 heavy (non-hydrogen) atoms. The van der Waals surface area contributed by atoms with E-state index in [-0.39, 0.29) is 5.92 Å². The number of phenolic OH excluding ortho intramolecular Hbond substituents is 1. The summed E-state index contributed by atoms with van der Waals surface area (Å²) in [6.45, 7) is 0.645. The fraction of sp³-hybridized carbons (Fsp3) is 0.300. The SMILES string of the molecule is NCC[C@@H]1C=Nc2ccc(O)cc21. The zero-order chi connectivity index (χ0) is 9.26. The van der Waals surface area contributed by atoms with Crippen molar-refractivity contribution in [2.75, 3.05) is 6.54 Å². The van der Waals surface area contributed by atoms with Gasteiger partial charge in [-0.25, -0.2) is 0 Å². The van der Waals surface area contributed by atoms with Crippen LogP contribution >= 0.6 is 0 Å². The molecule has 3 N–H and O–H groups in total. The van der Waals surface area contributed by atoms with Crippen molar-refractivity contribution in [3.05, 3.63) is 23.8 Å². The Balaban J connectivity index is 2.34. The summed E-state index contributed by atoms with van der Waals surface area (Å²) in [6, 6.07) is 5.25. The summed E-state index contributed by atoms with van der Waals surface area (Å²) in [5.41, 5.74) is 7.52. The minimum absolute atomic E-state index is 0.284. The predicted octanol–water partition coefficient (Wildman–Crippen LogP) is 1.54. The molecule has 2 rings (SSSR count). The number of rotatable bonds is 2. The lowest BCUT2D eigenvalue weighted by atomic mass is 9.98. The second kappa shape index (κ2) is 3.18. The van der Waals surface area contributed by atoms with E-state index in [1.807, 2.05) is 12.3 Å². The van der Waals surface area contributed by atoms with Crippen molar-refractivity contribution in [2.24, 2.45) is 10.7 Å². The topological polar surface area (TPSA) is 58.6 Å². The first kappa shape index (κ1) is 8.26. The van der Waals surface area contributed by atoms with Crippen molar-refractivity contribution in [3.63, 3.8) is 0 Å². The highest BCUT2D eigenvalue weighted by molar-refractivity contribution is 5.81. The molecule has 1 aliphatic rings. The standard InChI is InChI=1S/C10H12N2O/c11-4-3-7-6-12-10-2-1-8(13)5-9(7)10/h1-2,5-7,13H,3-4,11H2/t7-/m1/s1. The van der Waals surface area contributed by atoms with E-state index >= 15 is 0 Å². The van der Waals surface area contributed by atoms with Gasteiger partial charge in [0.25, 0.3) is 0 Å². The maximum Gasteiger partial charge on any atom is 0.116 e. The molecule has 0 spiro atoms. The Kier molecular flexibility index (Phi) is 2.02. The second-order valence-electron chi connectivity index (χ2n) is 3.21. The van der Waals surface area contributed by atoms with E-state index in [1.54, 1.807) is 12.1 Å². The third-order valence-electron chi connectivity index (χ3n) is 2.28. The summed E-state index contributed by atoms with van der Waals surface area (Å²) >= 11 is 0. The van der Waals surface area contributed by atoms with Crippen LogP contribution in [0.5, 0.6) is 5.75 Å². The number of hydrogen-bond donors (Lipinski definition) is 2. The van der Waals surface area contributed by atoms with Gasteiger partial charge in [0.2, 0.25) is 0 Å². The van der Waals surface area contributed by atoms with Crippen LogP contribution in [0.25, 0.3) is 0 Å². The molecule has 68 valence electrons. The summed E-state index contributed by atoms with van der Waals surface area (Å²) in [4.78, 5) is 4.25. The third-order valence-corrected chi connectivity index (χ3v) is 2.28. The molecular weight excluding hydrogens is 164 g/mol. The van der Waals surface area contributed by atoms with Crippen LogP contribution in [0.3, 0.4) is 0 Å². The molecule has 0 saturated heterocycles.